The summed E-state index contributed by atoms with van der Waals surface area (Å²) in [5.41, 5.74) is 7.95. The van der Waals surface area contributed by atoms with Crippen molar-refractivity contribution >= 4 is 35.5 Å². The Balaban J connectivity index is 0.00000364. The number of ketones is 1. The second-order valence-corrected chi connectivity index (χ2v) is 7.23. The molecule has 0 saturated heterocycles. The van der Waals surface area contributed by atoms with Crippen LogP contribution >= 0.6 is 24.0 Å². The number of nitrogens with two attached hydrogens (primary N) is 1. The number of ether oxygens (including phenoxy) is 1. The first-order valence-electron chi connectivity index (χ1n) is 8.87. The van der Waals surface area contributed by atoms with E-state index in [-0.39, 0.29) is 36.8 Å². The zero-order chi connectivity index (χ0) is 19.3. The van der Waals surface area contributed by atoms with E-state index in [1.54, 1.807) is 12.1 Å². The van der Waals surface area contributed by atoms with Crippen molar-refractivity contribution in [3.05, 3.63) is 58.6 Å². The third kappa shape index (κ3) is 5.86. The highest BCUT2D eigenvalue weighted by molar-refractivity contribution is 6.31. The molecule has 0 heterocycles. The number of anilines is 1. The minimum atomic E-state index is -0.154. The lowest BCUT2D eigenvalue weighted by molar-refractivity contribution is 0.100. The molecule has 0 unspecified atom stereocenters. The van der Waals surface area contributed by atoms with Crippen LogP contribution in [-0.4, -0.2) is 24.4 Å². The van der Waals surface area contributed by atoms with Gasteiger partial charge in [0, 0.05) is 28.7 Å². The molecule has 0 amide bonds. The normalized spacial score (nSPS) is 10.7. The number of benzene rings is 2. The molecule has 0 aliphatic carbocycles. The highest BCUT2D eigenvalue weighted by atomic mass is 35.5. The molecule has 2 aromatic rings. The zero-order valence-corrected chi connectivity index (χ0v) is 17.8. The molecule has 0 aromatic heterocycles. The van der Waals surface area contributed by atoms with Crippen molar-refractivity contribution in [3.8, 4) is 5.75 Å². The maximum atomic E-state index is 12.5. The summed E-state index contributed by atoms with van der Waals surface area (Å²) in [5.74, 6) is 0.443. The summed E-state index contributed by atoms with van der Waals surface area (Å²) in [5, 5.41) is 0.459. The van der Waals surface area contributed by atoms with Crippen molar-refractivity contribution in [2.45, 2.75) is 46.4 Å². The average molecular weight is 411 g/mol. The Morgan fingerprint density at radius 3 is 2.22 bits per heavy atom. The van der Waals surface area contributed by atoms with Crippen molar-refractivity contribution in [1.29, 1.82) is 0 Å². The lowest BCUT2D eigenvalue weighted by atomic mass is 10.0. The molecule has 2 aromatic carbocycles. The van der Waals surface area contributed by atoms with Gasteiger partial charge in [0.15, 0.2) is 5.78 Å². The van der Waals surface area contributed by atoms with Gasteiger partial charge in [-0.3, -0.25) is 4.79 Å². The predicted molar refractivity (Wildman–Crippen MR) is 116 cm³/mol. The molecule has 27 heavy (non-hydrogen) atoms. The quantitative estimate of drug-likeness (QED) is 0.614. The highest BCUT2D eigenvalue weighted by Crippen LogP contribution is 2.38. The first kappa shape index (κ1) is 23.3. The fourth-order valence-electron chi connectivity index (χ4n) is 3.12. The Labute approximate surface area is 173 Å². The summed E-state index contributed by atoms with van der Waals surface area (Å²) in [6, 6.07) is 13.7. The molecule has 0 bridgehead atoms. The SMILES string of the molecule is CC(C)N(c1c(OCc2ccccc2)cc(Cl)cc1C(=O)CN)C(C)C.Cl. The second-order valence-electron chi connectivity index (χ2n) is 6.80. The zero-order valence-electron chi connectivity index (χ0n) is 16.2. The first-order valence-corrected chi connectivity index (χ1v) is 9.24. The maximum absolute atomic E-state index is 12.5. The van der Waals surface area contributed by atoms with Gasteiger partial charge in [0.05, 0.1) is 12.2 Å². The number of hydrogen-bond acceptors (Lipinski definition) is 4. The molecule has 2 rings (SSSR count). The molecular weight excluding hydrogens is 383 g/mol. The van der Waals surface area contributed by atoms with Crippen LogP contribution in [0.1, 0.15) is 43.6 Å². The molecule has 6 heteroatoms. The third-order valence-electron chi connectivity index (χ3n) is 4.13. The smallest absolute Gasteiger partial charge is 0.178 e. The fourth-order valence-corrected chi connectivity index (χ4v) is 3.33. The van der Waals surface area contributed by atoms with E-state index >= 15 is 0 Å². The van der Waals surface area contributed by atoms with E-state index < -0.39 is 0 Å². The molecule has 2 N–H and O–H groups in total. The van der Waals surface area contributed by atoms with Crippen LogP contribution in [-0.2, 0) is 6.61 Å². The number of carbonyl (C=O) groups excluding carboxylic acids is 1. The molecule has 0 saturated carbocycles. The predicted octanol–water partition coefficient (Wildman–Crippen LogP) is 5.11. The largest absolute Gasteiger partial charge is 0.487 e. The maximum Gasteiger partial charge on any atom is 0.178 e. The minimum Gasteiger partial charge on any atom is -0.487 e. The van der Waals surface area contributed by atoms with Crippen molar-refractivity contribution in [2.75, 3.05) is 11.4 Å². The summed E-state index contributed by atoms with van der Waals surface area (Å²) in [6.07, 6.45) is 0. The van der Waals surface area contributed by atoms with Gasteiger partial charge in [0.2, 0.25) is 0 Å². The summed E-state index contributed by atoms with van der Waals surface area (Å²) in [4.78, 5) is 14.7. The van der Waals surface area contributed by atoms with Crippen molar-refractivity contribution in [3.63, 3.8) is 0 Å². The number of carbonyl (C=O) groups is 1. The van der Waals surface area contributed by atoms with Crippen LogP contribution in [0.3, 0.4) is 0 Å². The van der Waals surface area contributed by atoms with Crippen LogP contribution in [0.2, 0.25) is 5.02 Å². The lowest BCUT2D eigenvalue weighted by Gasteiger charge is -2.35. The van der Waals surface area contributed by atoms with Crippen LogP contribution < -0.4 is 15.4 Å². The molecule has 0 spiro atoms. The molecule has 148 valence electrons. The number of Topliss-reactive ketones (excluding diaryl/α,β-unsaturated/α-hetero) is 1. The third-order valence-corrected chi connectivity index (χ3v) is 4.35. The van der Waals surface area contributed by atoms with Crippen LogP contribution in [0.5, 0.6) is 5.75 Å². The van der Waals surface area contributed by atoms with Crippen LogP contribution in [0.4, 0.5) is 5.69 Å². The van der Waals surface area contributed by atoms with Gasteiger partial charge in [0.25, 0.3) is 0 Å². The number of rotatable bonds is 8. The molecule has 0 aliphatic rings. The second kappa shape index (κ2) is 10.5. The summed E-state index contributed by atoms with van der Waals surface area (Å²) < 4.78 is 6.10. The Morgan fingerprint density at radius 1 is 1.11 bits per heavy atom. The number of nitrogens with zero attached hydrogens (tertiary/aromatic N) is 1. The van der Waals surface area contributed by atoms with Crippen molar-refractivity contribution in [2.24, 2.45) is 5.73 Å². The summed E-state index contributed by atoms with van der Waals surface area (Å²) >= 11 is 6.28. The van der Waals surface area contributed by atoms with Gasteiger partial charge in [-0.05, 0) is 39.3 Å². The topological polar surface area (TPSA) is 55.6 Å². The lowest BCUT2D eigenvalue weighted by Crippen LogP contribution is -2.38. The van der Waals surface area contributed by atoms with E-state index in [4.69, 9.17) is 22.1 Å². The Bertz CT molecular complexity index is 741. The van der Waals surface area contributed by atoms with E-state index in [2.05, 4.69) is 32.6 Å². The van der Waals surface area contributed by atoms with E-state index in [0.29, 0.717) is 22.9 Å². The standard InChI is InChI=1S/C21H27ClN2O2.ClH/c1-14(2)24(15(3)4)21-18(19(25)12-23)10-17(22)11-20(21)26-13-16-8-6-5-7-9-16;/h5-11,14-15H,12-13,23H2,1-4H3;1H. The van der Waals surface area contributed by atoms with E-state index in [0.717, 1.165) is 11.3 Å². The van der Waals surface area contributed by atoms with E-state index in [1.165, 1.54) is 0 Å². The van der Waals surface area contributed by atoms with E-state index in [9.17, 15) is 4.79 Å². The van der Waals surface area contributed by atoms with E-state index in [1.807, 2.05) is 30.3 Å². The van der Waals surface area contributed by atoms with Crippen LogP contribution in [0, 0.1) is 0 Å². The summed E-state index contributed by atoms with van der Waals surface area (Å²) in [6.45, 7) is 8.68. The van der Waals surface area contributed by atoms with Crippen molar-refractivity contribution in [1.82, 2.24) is 0 Å². The van der Waals surface area contributed by atoms with Gasteiger partial charge in [0.1, 0.15) is 12.4 Å². The fraction of sp³-hybridized carbons (Fsp3) is 0.381. The van der Waals surface area contributed by atoms with Gasteiger partial charge < -0.3 is 15.4 Å². The Hall–Kier alpha value is -1.75. The van der Waals surface area contributed by atoms with Crippen LogP contribution in [0.15, 0.2) is 42.5 Å². The first-order chi connectivity index (χ1) is 12.3. The Morgan fingerprint density at radius 2 is 1.70 bits per heavy atom. The number of halogens is 2. The molecule has 0 atom stereocenters. The molecule has 0 aliphatic heterocycles. The van der Waals surface area contributed by atoms with Gasteiger partial charge in [-0.2, -0.15) is 0 Å². The Kier molecular flexibility index (Phi) is 9.10. The monoisotopic (exact) mass is 410 g/mol. The molecule has 4 nitrogen and oxygen atoms in total. The highest BCUT2D eigenvalue weighted by Gasteiger charge is 2.25. The van der Waals surface area contributed by atoms with Gasteiger partial charge in [-0.25, -0.2) is 0 Å². The van der Waals surface area contributed by atoms with Gasteiger partial charge in [-0.1, -0.05) is 41.9 Å². The van der Waals surface area contributed by atoms with Gasteiger partial charge in [-0.15, -0.1) is 12.4 Å². The molecule has 0 radical (unpaired) electrons. The van der Waals surface area contributed by atoms with Gasteiger partial charge >= 0.3 is 0 Å². The number of hydrogen-bond donors (Lipinski definition) is 1. The summed E-state index contributed by atoms with van der Waals surface area (Å²) in [7, 11) is 0. The van der Waals surface area contributed by atoms with Crippen LogP contribution in [0.25, 0.3) is 0 Å². The average Bonchev–Trinajstić information content (AvgIpc) is 2.60. The molecule has 0 fully saturated rings. The molecular formula is C21H28Cl2N2O2. The van der Waals surface area contributed by atoms with Crippen molar-refractivity contribution < 1.29 is 9.53 Å². The minimum absolute atomic E-state index is 0.